The van der Waals surface area contributed by atoms with Crippen molar-refractivity contribution in [3.05, 3.63) is 72.2 Å². The molecule has 0 unspecified atom stereocenters. The van der Waals surface area contributed by atoms with Gasteiger partial charge in [-0.05, 0) is 36.4 Å². The normalized spacial score (nSPS) is 10.9. The highest BCUT2D eigenvalue weighted by Crippen LogP contribution is 2.20. The number of hydrogen-bond donors (Lipinski definition) is 0. The minimum Gasteiger partial charge on any atom is -0.420 e. The molecular weight excluding hydrogens is 311 g/mol. The molecule has 0 radical (unpaired) electrons. The first-order valence-electron chi connectivity index (χ1n) is 7.24. The van der Waals surface area contributed by atoms with Crippen molar-refractivity contribution >= 4 is 0 Å². The summed E-state index contributed by atoms with van der Waals surface area (Å²) in [7, 11) is 0. The van der Waals surface area contributed by atoms with Crippen LogP contribution in [0.3, 0.4) is 0 Å². The molecule has 4 rings (SSSR count). The van der Waals surface area contributed by atoms with Gasteiger partial charge in [0.05, 0.1) is 0 Å². The molecule has 0 saturated carbocycles. The van der Waals surface area contributed by atoms with Gasteiger partial charge in [-0.3, -0.25) is 0 Å². The molecule has 2 heterocycles. The number of aromatic nitrogens is 4. The van der Waals surface area contributed by atoms with Gasteiger partial charge in [0.15, 0.2) is 0 Å². The third-order valence-corrected chi connectivity index (χ3v) is 3.36. The maximum atomic E-state index is 12.9. The first-order chi connectivity index (χ1) is 11.8. The molecule has 0 aliphatic rings. The maximum Gasteiger partial charge on any atom is 0.247 e. The standard InChI is InChI=1S/C17H11FN4O2/c18-13-8-6-11(7-9-13)16-19-14(24-22-16)10-15-20-21-17(23-15)12-4-2-1-3-5-12/h1-9H,10H2. The second-order valence-corrected chi connectivity index (χ2v) is 5.06. The van der Waals surface area contributed by atoms with E-state index in [2.05, 4.69) is 20.3 Å². The third-order valence-electron chi connectivity index (χ3n) is 3.36. The summed E-state index contributed by atoms with van der Waals surface area (Å²) in [6.45, 7) is 0. The lowest BCUT2D eigenvalue weighted by Gasteiger charge is -1.92. The predicted octanol–water partition coefficient (Wildman–Crippen LogP) is 3.52. The molecule has 0 saturated heterocycles. The lowest BCUT2D eigenvalue weighted by Crippen LogP contribution is -1.89. The van der Waals surface area contributed by atoms with E-state index in [1.165, 1.54) is 12.1 Å². The molecule has 2 aromatic heterocycles. The maximum absolute atomic E-state index is 12.9. The first-order valence-corrected chi connectivity index (χ1v) is 7.24. The van der Waals surface area contributed by atoms with Crippen molar-refractivity contribution in [2.75, 3.05) is 0 Å². The van der Waals surface area contributed by atoms with Gasteiger partial charge < -0.3 is 8.94 Å². The fourth-order valence-electron chi connectivity index (χ4n) is 2.19. The number of rotatable bonds is 4. The highest BCUT2D eigenvalue weighted by molar-refractivity contribution is 5.54. The van der Waals surface area contributed by atoms with Crippen LogP contribution in [0.15, 0.2) is 63.5 Å². The highest BCUT2D eigenvalue weighted by Gasteiger charge is 2.14. The van der Waals surface area contributed by atoms with Crippen molar-refractivity contribution in [3.8, 4) is 22.8 Å². The van der Waals surface area contributed by atoms with Crippen LogP contribution in [0.5, 0.6) is 0 Å². The Morgan fingerprint density at radius 3 is 2.42 bits per heavy atom. The summed E-state index contributed by atoms with van der Waals surface area (Å²) in [5, 5.41) is 11.9. The molecule has 0 spiro atoms. The second-order valence-electron chi connectivity index (χ2n) is 5.06. The fourth-order valence-corrected chi connectivity index (χ4v) is 2.19. The lowest BCUT2D eigenvalue weighted by molar-refractivity contribution is 0.374. The fraction of sp³-hybridized carbons (Fsp3) is 0.0588. The van der Waals surface area contributed by atoms with Crippen molar-refractivity contribution in [3.63, 3.8) is 0 Å². The summed E-state index contributed by atoms with van der Waals surface area (Å²) in [6.07, 6.45) is 0.230. The van der Waals surface area contributed by atoms with Crippen LogP contribution in [0.4, 0.5) is 4.39 Å². The predicted molar refractivity (Wildman–Crippen MR) is 82.2 cm³/mol. The molecule has 0 aliphatic carbocycles. The summed E-state index contributed by atoms with van der Waals surface area (Å²) < 4.78 is 23.7. The van der Waals surface area contributed by atoms with E-state index < -0.39 is 0 Å². The lowest BCUT2D eigenvalue weighted by atomic mass is 10.2. The van der Waals surface area contributed by atoms with Gasteiger partial charge in [0.2, 0.25) is 23.5 Å². The molecule has 24 heavy (non-hydrogen) atoms. The highest BCUT2D eigenvalue weighted by atomic mass is 19.1. The molecule has 7 heteroatoms. The quantitative estimate of drug-likeness (QED) is 0.572. The largest absolute Gasteiger partial charge is 0.420 e. The molecule has 0 bridgehead atoms. The van der Waals surface area contributed by atoms with E-state index in [4.69, 9.17) is 8.94 Å². The summed E-state index contributed by atoms with van der Waals surface area (Å²) >= 11 is 0. The van der Waals surface area contributed by atoms with E-state index in [1.807, 2.05) is 30.3 Å². The van der Waals surface area contributed by atoms with Gasteiger partial charge in [-0.2, -0.15) is 4.98 Å². The van der Waals surface area contributed by atoms with Crippen molar-refractivity contribution in [1.82, 2.24) is 20.3 Å². The molecule has 0 atom stereocenters. The molecule has 118 valence electrons. The molecule has 4 aromatic rings. The number of hydrogen-bond acceptors (Lipinski definition) is 6. The van der Waals surface area contributed by atoms with Crippen molar-refractivity contribution in [2.24, 2.45) is 0 Å². The van der Waals surface area contributed by atoms with Gasteiger partial charge in [0.1, 0.15) is 12.2 Å². The van der Waals surface area contributed by atoms with E-state index in [1.54, 1.807) is 12.1 Å². The van der Waals surface area contributed by atoms with Crippen LogP contribution in [0, 0.1) is 5.82 Å². The Kier molecular flexibility index (Phi) is 3.59. The molecule has 2 aromatic carbocycles. The zero-order valence-corrected chi connectivity index (χ0v) is 12.4. The van der Waals surface area contributed by atoms with E-state index in [9.17, 15) is 4.39 Å². The average Bonchev–Trinajstić information content (AvgIpc) is 3.27. The molecule has 0 amide bonds. The second kappa shape index (κ2) is 6.04. The molecule has 0 fully saturated rings. The van der Waals surface area contributed by atoms with Gasteiger partial charge in [-0.15, -0.1) is 10.2 Å². The SMILES string of the molecule is Fc1ccc(-c2noc(Cc3nnc(-c4ccccc4)o3)n2)cc1. The van der Waals surface area contributed by atoms with Crippen LogP contribution in [0.1, 0.15) is 11.8 Å². The summed E-state index contributed by atoms with van der Waals surface area (Å²) in [5.41, 5.74) is 1.51. The van der Waals surface area contributed by atoms with Crippen LogP contribution < -0.4 is 0 Å². The zero-order valence-electron chi connectivity index (χ0n) is 12.4. The Morgan fingerprint density at radius 2 is 1.62 bits per heavy atom. The van der Waals surface area contributed by atoms with Crippen molar-refractivity contribution in [2.45, 2.75) is 6.42 Å². The van der Waals surface area contributed by atoms with E-state index in [0.29, 0.717) is 29.1 Å². The molecular formula is C17H11FN4O2. The minimum atomic E-state index is -0.318. The van der Waals surface area contributed by atoms with Gasteiger partial charge in [-0.1, -0.05) is 23.4 Å². The summed E-state index contributed by atoms with van der Waals surface area (Å²) in [5.74, 6) is 1.22. The molecule has 6 nitrogen and oxygen atoms in total. The Labute approximate surface area is 136 Å². The monoisotopic (exact) mass is 322 g/mol. The van der Waals surface area contributed by atoms with E-state index in [0.717, 1.165) is 5.56 Å². The Balaban J connectivity index is 1.52. The van der Waals surface area contributed by atoms with Gasteiger partial charge >= 0.3 is 0 Å². The van der Waals surface area contributed by atoms with E-state index >= 15 is 0 Å². The van der Waals surface area contributed by atoms with Crippen molar-refractivity contribution < 1.29 is 13.3 Å². The zero-order chi connectivity index (χ0) is 16.4. The third kappa shape index (κ3) is 2.91. The van der Waals surface area contributed by atoms with Crippen molar-refractivity contribution in [1.29, 1.82) is 0 Å². The van der Waals surface area contributed by atoms with E-state index in [-0.39, 0.29) is 12.2 Å². The summed E-state index contributed by atoms with van der Waals surface area (Å²) in [6, 6.07) is 15.3. The Hall–Kier alpha value is -3.35. The number of nitrogens with zero attached hydrogens (tertiary/aromatic N) is 4. The Bertz CT molecular complexity index is 948. The Morgan fingerprint density at radius 1 is 0.833 bits per heavy atom. The smallest absolute Gasteiger partial charge is 0.247 e. The minimum absolute atomic E-state index is 0.230. The van der Waals surface area contributed by atoms with Crippen LogP contribution in [-0.4, -0.2) is 20.3 Å². The topological polar surface area (TPSA) is 77.8 Å². The average molecular weight is 322 g/mol. The van der Waals surface area contributed by atoms with Crippen LogP contribution in [-0.2, 0) is 6.42 Å². The summed E-state index contributed by atoms with van der Waals surface area (Å²) in [4.78, 5) is 4.26. The van der Waals surface area contributed by atoms with Gasteiger partial charge in [0, 0.05) is 11.1 Å². The van der Waals surface area contributed by atoms with Gasteiger partial charge in [-0.25, -0.2) is 4.39 Å². The van der Waals surface area contributed by atoms with Crippen LogP contribution >= 0.6 is 0 Å². The van der Waals surface area contributed by atoms with Crippen LogP contribution in [0.25, 0.3) is 22.8 Å². The molecule has 0 aliphatic heterocycles. The van der Waals surface area contributed by atoms with Gasteiger partial charge in [0.25, 0.3) is 0 Å². The first kappa shape index (κ1) is 14.3. The molecule has 0 N–H and O–H groups in total. The van der Waals surface area contributed by atoms with Crippen LogP contribution in [0.2, 0.25) is 0 Å². The number of halogens is 1. The number of benzene rings is 2.